The molecule has 6 heteroatoms. The van der Waals surface area contributed by atoms with E-state index >= 15 is 0 Å². The minimum Gasteiger partial charge on any atom is -0.351 e. The third-order valence-electron chi connectivity index (χ3n) is 5.13. The van der Waals surface area contributed by atoms with Crippen LogP contribution in [0.5, 0.6) is 0 Å². The second-order valence-electron chi connectivity index (χ2n) is 7.11. The van der Waals surface area contributed by atoms with E-state index in [1.54, 1.807) is 30.3 Å². The Morgan fingerprint density at radius 3 is 2.38 bits per heavy atom. The second-order valence-corrected chi connectivity index (χ2v) is 7.96. The first kappa shape index (κ1) is 21.2. The van der Waals surface area contributed by atoms with Gasteiger partial charge in [-0.1, -0.05) is 66.4 Å². The van der Waals surface area contributed by atoms with Crippen molar-refractivity contribution in [2.24, 2.45) is 0 Å². The van der Waals surface area contributed by atoms with Gasteiger partial charge in [-0.15, -0.1) is 6.42 Å². The molecule has 0 aromatic heterocycles. The molecule has 0 radical (unpaired) electrons. The van der Waals surface area contributed by atoms with Crippen LogP contribution in [0.25, 0.3) is 0 Å². The lowest BCUT2D eigenvalue weighted by molar-refractivity contribution is -0.138. The largest absolute Gasteiger partial charge is 0.351 e. The fourth-order valence-corrected chi connectivity index (χ4v) is 3.96. The predicted octanol–water partition coefficient (Wildman–Crippen LogP) is 4.76. The smallest absolute Gasteiger partial charge is 0.299 e. The fourth-order valence-electron chi connectivity index (χ4n) is 3.64. The van der Waals surface area contributed by atoms with Crippen LogP contribution < -0.4 is 5.32 Å². The van der Waals surface area contributed by atoms with Crippen molar-refractivity contribution in [3.63, 3.8) is 0 Å². The highest BCUT2D eigenvalue weighted by Crippen LogP contribution is 2.28. The molecule has 0 saturated heterocycles. The molecule has 0 spiro atoms. The summed E-state index contributed by atoms with van der Waals surface area (Å²) in [5.41, 5.74) is 1.35. The summed E-state index contributed by atoms with van der Waals surface area (Å²) in [4.78, 5) is 27.4. The van der Waals surface area contributed by atoms with Gasteiger partial charge in [0.25, 0.3) is 5.91 Å². The van der Waals surface area contributed by atoms with Crippen molar-refractivity contribution in [2.75, 3.05) is 0 Å². The van der Waals surface area contributed by atoms with Gasteiger partial charge >= 0.3 is 0 Å². The van der Waals surface area contributed by atoms with E-state index in [-0.39, 0.29) is 18.5 Å². The number of nitrogens with one attached hydrogen (secondary N) is 1. The molecular weight excluding hydrogens is 407 g/mol. The van der Waals surface area contributed by atoms with Crippen LogP contribution >= 0.6 is 23.2 Å². The number of carbonyl (C=O) groups excluding carboxylic acids is 2. The molecule has 2 aromatic rings. The quantitative estimate of drug-likeness (QED) is 0.674. The molecule has 1 aliphatic carbocycles. The normalized spacial score (nSPS) is 14.8. The van der Waals surface area contributed by atoms with E-state index in [0.717, 1.165) is 25.7 Å². The van der Waals surface area contributed by atoms with Crippen LogP contribution in [0.3, 0.4) is 0 Å². The summed E-state index contributed by atoms with van der Waals surface area (Å²) in [7, 11) is 0. The molecule has 1 unspecified atom stereocenters. The lowest BCUT2D eigenvalue weighted by Crippen LogP contribution is -2.45. The number of carbonyl (C=O) groups is 2. The van der Waals surface area contributed by atoms with E-state index in [9.17, 15) is 9.59 Å². The average Bonchev–Trinajstić information content (AvgIpc) is 3.22. The topological polar surface area (TPSA) is 49.4 Å². The van der Waals surface area contributed by atoms with Gasteiger partial charge in [0.2, 0.25) is 5.91 Å². The van der Waals surface area contributed by atoms with Crippen molar-refractivity contribution in [3.8, 4) is 12.3 Å². The molecule has 0 heterocycles. The molecule has 29 heavy (non-hydrogen) atoms. The van der Waals surface area contributed by atoms with E-state index in [4.69, 9.17) is 29.6 Å². The molecule has 4 nitrogen and oxygen atoms in total. The van der Waals surface area contributed by atoms with Gasteiger partial charge in [-0.05, 0) is 48.1 Å². The zero-order valence-corrected chi connectivity index (χ0v) is 17.4. The molecule has 1 fully saturated rings. The summed E-state index contributed by atoms with van der Waals surface area (Å²) in [6.07, 6.45) is 9.49. The summed E-state index contributed by atoms with van der Waals surface area (Å²) < 4.78 is 0. The second kappa shape index (κ2) is 9.82. The minimum atomic E-state index is -0.882. The highest BCUT2D eigenvalue weighted by atomic mass is 35.5. The molecular formula is C23H22Cl2N2O2. The first-order chi connectivity index (χ1) is 14.0. The molecule has 1 atom stereocenters. The molecule has 0 aliphatic heterocycles. The Bertz CT molecular complexity index is 915. The summed E-state index contributed by atoms with van der Waals surface area (Å²) in [6, 6.07) is 13.3. The molecule has 3 rings (SSSR count). The van der Waals surface area contributed by atoms with E-state index in [2.05, 4.69) is 11.2 Å². The SMILES string of the molecule is C#CC(=O)N(Cc1ccccc1Cl)C(C(=O)NC1CCCC1)c1ccc(Cl)cc1. The van der Waals surface area contributed by atoms with Crippen molar-refractivity contribution >= 4 is 35.0 Å². The standard InChI is InChI=1S/C23H22Cl2N2O2/c1-2-21(28)27(15-17-7-3-6-10-20(17)25)22(16-11-13-18(24)14-12-16)23(29)26-19-8-4-5-9-19/h1,3,6-7,10-14,19,22H,4-5,8-9,15H2,(H,26,29). The van der Waals surface area contributed by atoms with E-state index < -0.39 is 11.9 Å². The molecule has 1 aliphatic rings. The summed E-state index contributed by atoms with van der Waals surface area (Å²) in [6.45, 7) is 0.119. The highest BCUT2D eigenvalue weighted by Gasteiger charge is 2.33. The number of nitrogens with zero attached hydrogens (tertiary/aromatic N) is 1. The van der Waals surface area contributed by atoms with E-state index in [1.807, 2.05) is 18.2 Å². The first-order valence-electron chi connectivity index (χ1n) is 9.56. The van der Waals surface area contributed by atoms with Gasteiger partial charge in [0, 0.05) is 22.6 Å². The summed E-state index contributed by atoms with van der Waals surface area (Å²) in [5, 5.41) is 4.14. The Kier molecular flexibility index (Phi) is 7.19. The monoisotopic (exact) mass is 428 g/mol. The van der Waals surface area contributed by atoms with Crippen LogP contribution in [0.4, 0.5) is 0 Å². The molecule has 1 saturated carbocycles. The Hall–Kier alpha value is -2.48. The molecule has 2 aromatic carbocycles. The maximum atomic E-state index is 13.3. The van der Waals surface area contributed by atoms with Crippen molar-refractivity contribution in [1.82, 2.24) is 10.2 Å². The number of halogens is 2. The zero-order chi connectivity index (χ0) is 20.8. The zero-order valence-electron chi connectivity index (χ0n) is 15.9. The van der Waals surface area contributed by atoms with Gasteiger partial charge in [-0.3, -0.25) is 9.59 Å². The first-order valence-corrected chi connectivity index (χ1v) is 10.3. The molecule has 2 amide bonds. The van der Waals surface area contributed by atoms with Gasteiger partial charge < -0.3 is 10.2 Å². The van der Waals surface area contributed by atoms with Gasteiger partial charge in [-0.2, -0.15) is 0 Å². The van der Waals surface area contributed by atoms with Crippen LogP contribution in [0.15, 0.2) is 48.5 Å². The number of amides is 2. The van der Waals surface area contributed by atoms with Crippen LogP contribution in [0.1, 0.15) is 42.9 Å². The number of rotatable bonds is 6. The van der Waals surface area contributed by atoms with Crippen molar-refractivity contribution < 1.29 is 9.59 Å². The number of hydrogen-bond acceptors (Lipinski definition) is 2. The lowest BCUT2D eigenvalue weighted by atomic mass is 10.0. The fraction of sp³-hybridized carbons (Fsp3) is 0.304. The van der Waals surface area contributed by atoms with Gasteiger partial charge in [0.15, 0.2) is 0 Å². The third-order valence-corrected chi connectivity index (χ3v) is 5.75. The molecule has 1 N–H and O–H groups in total. The summed E-state index contributed by atoms with van der Waals surface area (Å²) >= 11 is 12.3. The Morgan fingerprint density at radius 1 is 1.10 bits per heavy atom. The van der Waals surface area contributed by atoms with Gasteiger partial charge in [0.1, 0.15) is 6.04 Å². The highest BCUT2D eigenvalue weighted by molar-refractivity contribution is 6.31. The molecule has 0 bridgehead atoms. The maximum Gasteiger partial charge on any atom is 0.299 e. The Labute approximate surface area is 181 Å². The van der Waals surface area contributed by atoms with Gasteiger partial charge in [0.05, 0.1) is 0 Å². The lowest BCUT2D eigenvalue weighted by Gasteiger charge is -2.31. The van der Waals surface area contributed by atoms with Crippen LogP contribution in [-0.4, -0.2) is 22.8 Å². The number of benzene rings is 2. The predicted molar refractivity (Wildman–Crippen MR) is 115 cm³/mol. The summed E-state index contributed by atoms with van der Waals surface area (Å²) in [5.74, 6) is 1.32. The van der Waals surface area contributed by atoms with Crippen molar-refractivity contribution in [2.45, 2.75) is 44.3 Å². The molecule has 150 valence electrons. The Balaban J connectivity index is 1.98. The van der Waals surface area contributed by atoms with Crippen LogP contribution in [-0.2, 0) is 16.1 Å². The average molecular weight is 429 g/mol. The number of hydrogen-bond donors (Lipinski definition) is 1. The Morgan fingerprint density at radius 2 is 1.76 bits per heavy atom. The maximum absolute atomic E-state index is 13.3. The van der Waals surface area contributed by atoms with Gasteiger partial charge in [-0.25, -0.2) is 0 Å². The minimum absolute atomic E-state index is 0.111. The van der Waals surface area contributed by atoms with E-state index in [0.29, 0.717) is 21.2 Å². The van der Waals surface area contributed by atoms with Crippen LogP contribution in [0.2, 0.25) is 10.0 Å². The third kappa shape index (κ3) is 5.32. The number of terminal acetylenes is 1. The van der Waals surface area contributed by atoms with Crippen molar-refractivity contribution in [3.05, 3.63) is 69.7 Å². The van der Waals surface area contributed by atoms with Crippen LogP contribution in [0, 0.1) is 12.3 Å². The van der Waals surface area contributed by atoms with E-state index in [1.165, 1.54) is 4.90 Å². The van der Waals surface area contributed by atoms with Crippen molar-refractivity contribution in [1.29, 1.82) is 0 Å².